The highest BCUT2D eigenvalue weighted by atomic mass is 16.1. The second kappa shape index (κ2) is 3.26. The average molecular weight is 164 g/mol. The zero-order chi connectivity index (χ0) is 9.19. The molecule has 0 aromatic rings. The molecule has 0 N–H and O–H groups in total. The van der Waals surface area contributed by atoms with E-state index in [1.807, 2.05) is 0 Å². The molecule has 2 atom stereocenters. The number of rotatable bonds is 2. The van der Waals surface area contributed by atoms with Gasteiger partial charge in [-0.05, 0) is 25.7 Å². The molecular formula is C11H16O. The Morgan fingerprint density at radius 3 is 2.83 bits per heavy atom. The topological polar surface area (TPSA) is 17.1 Å². The number of aldehydes is 1. The van der Waals surface area contributed by atoms with Crippen molar-refractivity contribution in [3.63, 3.8) is 0 Å². The van der Waals surface area contributed by atoms with Gasteiger partial charge < -0.3 is 4.79 Å². The third-order valence-electron chi connectivity index (χ3n) is 2.93. The van der Waals surface area contributed by atoms with Crippen molar-refractivity contribution in [2.45, 2.75) is 26.7 Å². The third-order valence-corrected chi connectivity index (χ3v) is 2.93. The molecule has 0 amide bonds. The van der Waals surface area contributed by atoms with Crippen molar-refractivity contribution in [1.82, 2.24) is 0 Å². The van der Waals surface area contributed by atoms with Crippen molar-refractivity contribution in [3.05, 3.63) is 24.3 Å². The molecular weight excluding hydrogens is 148 g/mol. The molecule has 0 unspecified atom stereocenters. The van der Waals surface area contributed by atoms with Crippen LogP contribution in [0, 0.1) is 11.3 Å². The minimum absolute atomic E-state index is 0.292. The predicted molar refractivity (Wildman–Crippen MR) is 50.8 cm³/mol. The van der Waals surface area contributed by atoms with Gasteiger partial charge in [0.25, 0.3) is 0 Å². The van der Waals surface area contributed by atoms with Gasteiger partial charge in [-0.2, -0.15) is 0 Å². The fourth-order valence-corrected chi connectivity index (χ4v) is 1.81. The van der Waals surface area contributed by atoms with Crippen LogP contribution in [0.4, 0.5) is 0 Å². The zero-order valence-corrected chi connectivity index (χ0v) is 7.84. The first kappa shape index (κ1) is 9.24. The van der Waals surface area contributed by atoms with Crippen molar-refractivity contribution in [2.75, 3.05) is 0 Å². The minimum Gasteiger partial charge on any atom is -0.302 e. The lowest BCUT2D eigenvalue weighted by Gasteiger charge is -2.33. The third kappa shape index (κ3) is 1.36. The summed E-state index contributed by atoms with van der Waals surface area (Å²) >= 11 is 0. The van der Waals surface area contributed by atoms with Crippen molar-refractivity contribution < 1.29 is 4.79 Å². The summed E-state index contributed by atoms with van der Waals surface area (Å²) in [4.78, 5) is 10.9. The van der Waals surface area contributed by atoms with E-state index < -0.39 is 0 Å². The standard InChI is InChI=1S/C11H16O/c1-4-11(8-12)6-5-9(2)7-10(11)3/h4,7-8,10H,1,5-6H2,2-3H3/t10-,11-/m1/s1. The zero-order valence-electron chi connectivity index (χ0n) is 7.84. The number of hydrogen-bond donors (Lipinski definition) is 0. The fourth-order valence-electron chi connectivity index (χ4n) is 1.81. The summed E-state index contributed by atoms with van der Waals surface area (Å²) in [7, 11) is 0. The first-order valence-electron chi connectivity index (χ1n) is 4.42. The van der Waals surface area contributed by atoms with E-state index in [-0.39, 0.29) is 5.41 Å². The molecule has 0 saturated carbocycles. The van der Waals surface area contributed by atoms with Gasteiger partial charge in [-0.1, -0.05) is 24.6 Å². The van der Waals surface area contributed by atoms with Crippen LogP contribution in [0.1, 0.15) is 26.7 Å². The summed E-state index contributed by atoms with van der Waals surface area (Å²) in [5.41, 5.74) is 1.10. The Labute approximate surface area is 74.2 Å². The maximum Gasteiger partial charge on any atom is 0.130 e. The van der Waals surface area contributed by atoms with Gasteiger partial charge in [-0.3, -0.25) is 0 Å². The van der Waals surface area contributed by atoms with Gasteiger partial charge >= 0.3 is 0 Å². The van der Waals surface area contributed by atoms with E-state index in [0.717, 1.165) is 19.1 Å². The summed E-state index contributed by atoms with van der Waals surface area (Å²) in [6.45, 7) is 7.94. The number of carbonyl (C=O) groups excluding carboxylic acids is 1. The Morgan fingerprint density at radius 1 is 1.75 bits per heavy atom. The Balaban J connectivity index is 2.94. The van der Waals surface area contributed by atoms with Crippen molar-refractivity contribution >= 4 is 6.29 Å². The molecule has 12 heavy (non-hydrogen) atoms. The van der Waals surface area contributed by atoms with Crippen LogP contribution in [0.3, 0.4) is 0 Å². The molecule has 0 fully saturated rings. The molecule has 0 aliphatic heterocycles. The summed E-state index contributed by atoms with van der Waals surface area (Å²) in [6, 6.07) is 0. The van der Waals surface area contributed by atoms with Crippen LogP contribution in [-0.4, -0.2) is 6.29 Å². The van der Waals surface area contributed by atoms with Gasteiger partial charge in [0.2, 0.25) is 0 Å². The predicted octanol–water partition coefficient (Wildman–Crippen LogP) is 2.73. The van der Waals surface area contributed by atoms with E-state index in [1.54, 1.807) is 6.08 Å². The first-order chi connectivity index (χ1) is 5.64. The molecule has 66 valence electrons. The average Bonchev–Trinajstić information content (AvgIpc) is 2.06. The molecule has 0 bridgehead atoms. The van der Waals surface area contributed by atoms with Crippen LogP contribution in [0.2, 0.25) is 0 Å². The van der Waals surface area contributed by atoms with Crippen LogP contribution < -0.4 is 0 Å². The molecule has 1 heteroatoms. The second-order valence-electron chi connectivity index (χ2n) is 3.74. The molecule has 0 heterocycles. The van der Waals surface area contributed by atoms with Crippen LogP contribution in [0.15, 0.2) is 24.3 Å². The van der Waals surface area contributed by atoms with E-state index in [4.69, 9.17) is 0 Å². The highest BCUT2D eigenvalue weighted by Crippen LogP contribution is 2.38. The van der Waals surface area contributed by atoms with Crippen LogP contribution >= 0.6 is 0 Å². The minimum atomic E-state index is -0.292. The number of carbonyl (C=O) groups is 1. The van der Waals surface area contributed by atoms with E-state index in [9.17, 15) is 4.79 Å². The Morgan fingerprint density at radius 2 is 2.42 bits per heavy atom. The van der Waals surface area contributed by atoms with E-state index in [1.165, 1.54) is 5.57 Å². The Kier molecular flexibility index (Phi) is 2.51. The van der Waals surface area contributed by atoms with E-state index in [2.05, 4.69) is 26.5 Å². The maximum absolute atomic E-state index is 10.9. The Hall–Kier alpha value is -0.850. The van der Waals surface area contributed by atoms with Crippen LogP contribution in [-0.2, 0) is 4.79 Å². The highest BCUT2D eigenvalue weighted by Gasteiger charge is 2.33. The highest BCUT2D eigenvalue weighted by molar-refractivity contribution is 5.64. The molecule has 1 aliphatic rings. The molecule has 1 nitrogen and oxygen atoms in total. The molecule has 1 aliphatic carbocycles. The van der Waals surface area contributed by atoms with Gasteiger partial charge in [0.1, 0.15) is 6.29 Å². The summed E-state index contributed by atoms with van der Waals surface area (Å²) < 4.78 is 0. The molecule has 0 aromatic carbocycles. The largest absolute Gasteiger partial charge is 0.302 e. The maximum atomic E-state index is 10.9. The number of allylic oxidation sites excluding steroid dienone is 3. The lowest BCUT2D eigenvalue weighted by atomic mass is 9.69. The second-order valence-corrected chi connectivity index (χ2v) is 3.74. The smallest absolute Gasteiger partial charge is 0.130 e. The van der Waals surface area contributed by atoms with Gasteiger partial charge in [0.05, 0.1) is 0 Å². The van der Waals surface area contributed by atoms with Crippen LogP contribution in [0.25, 0.3) is 0 Å². The normalized spacial score (nSPS) is 35.5. The van der Waals surface area contributed by atoms with Gasteiger partial charge in [0.15, 0.2) is 0 Å². The van der Waals surface area contributed by atoms with E-state index >= 15 is 0 Å². The number of hydrogen-bond acceptors (Lipinski definition) is 1. The fraction of sp³-hybridized carbons (Fsp3) is 0.545. The van der Waals surface area contributed by atoms with Crippen molar-refractivity contribution in [2.24, 2.45) is 11.3 Å². The van der Waals surface area contributed by atoms with E-state index in [0.29, 0.717) is 5.92 Å². The molecule has 1 rings (SSSR count). The van der Waals surface area contributed by atoms with Crippen molar-refractivity contribution in [1.29, 1.82) is 0 Å². The van der Waals surface area contributed by atoms with Gasteiger partial charge in [-0.25, -0.2) is 0 Å². The van der Waals surface area contributed by atoms with Gasteiger partial charge in [0, 0.05) is 5.41 Å². The summed E-state index contributed by atoms with van der Waals surface area (Å²) in [5.74, 6) is 0.307. The summed E-state index contributed by atoms with van der Waals surface area (Å²) in [5, 5.41) is 0. The SMILES string of the molecule is C=C[C@]1(C=O)CCC(C)=C[C@H]1C. The molecule has 0 aromatic heterocycles. The lowest BCUT2D eigenvalue weighted by molar-refractivity contribution is -0.115. The first-order valence-corrected chi connectivity index (χ1v) is 4.42. The lowest BCUT2D eigenvalue weighted by Crippen LogP contribution is -2.29. The Bertz CT molecular complexity index is 217. The monoisotopic (exact) mass is 164 g/mol. The molecule has 0 radical (unpaired) electrons. The molecule has 0 spiro atoms. The quantitative estimate of drug-likeness (QED) is 0.453. The molecule has 0 saturated heterocycles. The summed E-state index contributed by atoms with van der Waals surface area (Å²) in [6.07, 6.45) is 6.97. The van der Waals surface area contributed by atoms with Gasteiger partial charge in [-0.15, -0.1) is 6.58 Å². The van der Waals surface area contributed by atoms with Crippen LogP contribution in [0.5, 0.6) is 0 Å². The van der Waals surface area contributed by atoms with Crippen molar-refractivity contribution in [3.8, 4) is 0 Å².